The number of aromatic nitrogens is 1. The second-order valence-electron chi connectivity index (χ2n) is 11.1. The van der Waals surface area contributed by atoms with Crippen LogP contribution in [0.2, 0.25) is 5.02 Å². The summed E-state index contributed by atoms with van der Waals surface area (Å²) in [6, 6.07) is 15.6. The molecule has 4 heterocycles. The fourth-order valence-electron chi connectivity index (χ4n) is 5.16. The first-order valence-corrected chi connectivity index (χ1v) is 13.6. The molecule has 4 aromatic rings. The van der Waals surface area contributed by atoms with E-state index >= 15 is 4.39 Å². The van der Waals surface area contributed by atoms with Crippen molar-refractivity contribution in [3.63, 3.8) is 0 Å². The summed E-state index contributed by atoms with van der Waals surface area (Å²) in [5.74, 6) is 0.735. The summed E-state index contributed by atoms with van der Waals surface area (Å²) in [4.78, 5) is 2.48. The van der Waals surface area contributed by atoms with Gasteiger partial charge in [0.05, 0.1) is 32.9 Å². The van der Waals surface area contributed by atoms with Crippen LogP contribution in [0.1, 0.15) is 62.4 Å². The molecule has 1 aliphatic carbocycles. The number of halogens is 2. The lowest BCUT2D eigenvalue weighted by atomic mass is 9.78. The van der Waals surface area contributed by atoms with Crippen LogP contribution in [0.5, 0.6) is 5.75 Å². The molecule has 0 radical (unpaired) electrons. The molecule has 1 saturated carbocycles. The SMILES string of the molecule is CC1(C)OB(c2ccc3c(c2)cc2n3C(c3ccc(C4CC4)s3)Oc3cc(Cl)cc(F)c3-2)OC1(C)C. The average Bonchev–Trinajstić information content (AvgIpc) is 3.33. The number of benzene rings is 2. The highest BCUT2D eigenvalue weighted by molar-refractivity contribution is 7.12. The van der Waals surface area contributed by atoms with Crippen molar-refractivity contribution in [3.05, 3.63) is 69.1 Å². The summed E-state index contributed by atoms with van der Waals surface area (Å²) < 4.78 is 36.4. The summed E-state index contributed by atoms with van der Waals surface area (Å²) >= 11 is 8.00. The molecular formula is C28H26BClFNO3S. The Bertz CT molecular complexity index is 1520. The van der Waals surface area contributed by atoms with E-state index in [1.165, 1.54) is 23.8 Å². The van der Waals surface area contributed by atoms with Crippen LogP contribution in [-0.2, 0) is 9.31 Å². The van der Waals surface area contributed by atoms with Crippen LogP contribution in [0.3, 0.4) is 0 Å². The van der Waals surface area contributed by atoms with E-state index in [4.69, 9.17) is 25.6 Å². The minimum atomic E-state index is -0.468. The summed E-state index contributed by atoms with van der Waals surface area (Å²) in [5, 5.41) is 1.30. The minimum Gasteiger partial charge on any atom is -0.464 e. The van der Waals surface area contributed by atoms with Crippen molar-refractivity contribution < 1.29 is 18.4 Å². The Hall–Kier alpha value is -2.32. The molecule has 2 aliphatic heterocycles. The molecule has 8 heteroatoms. The summed E-state index contributed by atoms with van der Waals surface area (Å²) in [6.45, 7) is 8.19. The van der Waals surface area contributed by atoms with E-state index in [0.717, 1.165) is 26.9 Å². The maximum Gasteiger partial charge on any atom is 0.494 e. The predicted octanol–water partition coefficient (Wildman–Crippen LogP) is 7.28. The number of thiophene rings is 1. The molecule has 2 fully saturated rings. The van der Waals surface area contributed by atoms with Gasteiger partial charge in [-0.2, -0.15) is 0 Å². The third kappa shape index (κ3) is 3.40. The molecule has 0 amide bonds. The zero-order valence-corrected chi connectivity index (χ0v) is 22.2. The zero-order chi connectivity index (χ0) is 25.0. The van der Waals surface area contributed by atoms with Gasteiger partial charge in [0, 0.05) is 15.3 Å². The topological polar surface area (TPSA) is 32.6 Å². The first-order valence-electron chi connectivity index (χ1n) is 12.4. The number of hydrogen-bond donors (Lipinski definition) is 0. The van der Waals surface area contributed by atoms with Crippen molar-refractivity contribution in [3.8, 4) is 17.0 Å². The quantitative estimate of drug-likeness (QED) is 0.266. The van der Waals surface area contributed by atoms with Crippen molar-refractivity contribution in [1.29, 1.82) is 0 Å². The van der Waals surface area contributed by atoms with Gasteiger partial charge in [0.25, 0.3) is 0 Å². The number of hydrogen-bond acceptors (Lipinski definition) is 4. The van der Waals surface area contributed by atoms with Crippen LogP contribution in [0.25, 0.3) is 22.2 Å². The maximum absolute atomic E-state index is 15.3. The molecular weight excluding hydrogens is 496 g/mol. The fraction of sp³-hybridized carbons (Fsp3) is 0.357. The molecule has 184 valence electrons. The highest BCUT2D eigenvalue weighted by Gasteiger charge is 2.51. The van der Waals surface area contributed by atoms with Gasteiger partial charge in [-0.05, 0) is 88.3 Å². The lowest BCUT2D eigenvalue weighted by molar-refractivity contribution is 0.00578. The lowest BCUT2D eigenvalue weighted by Gasteiger charge is -2.32. The minimum absolute atomic E-state index is 0.322. The van der Waals surface area contributed by atoms with Gasteiger partial charge >= 0.3 is 7.12 Å². The van der Waals surface area contributed by atoms with Crippen molar-refractivity contribution >= 4 is 46.4 Å². The van der Waals surface area contributed by atoms with Gasteiger partial charge in [0.15, 0.2) is 0 Å². The van der Waals surface area contributed by atoms with Crippen molar-refractivity contribution in [2.24, 2.45) is 0 Å². The number of rotatable bonds is 3. The lowest BCUT2D eigenvalue weighted by Crippen LogP contribution is -2.41. The predicted molar refractivity (Wildman–Crippen MR) is 143 cm³/mol. The van der Waals surface area contributed by atoms with Gasteiger partial charge in [0.2, 0.25) is 6.23 Å². The molecule has 7 rings (SSSR count). The van der Waals surface area contributed by atoms with Gasteiger partial charge in [-0.3, -0.25) is 4.57 Å². The molecule has 4 nitrogen and oxygen atoms in total. The Morgan fingerprint density at radius 2 is 1.69 bits per heavy atom. The molecule has 1 atom stereocenters. The Morgan fingerprint density at radius 3 is 2.42 bits per heavy atom. The number of nitrogens with zero attached hydrogens (tertiary/aromatic N) is 1. The zero-order valence-electron chi connectivity index (χ0n) is 20.6. The molecule has 0 N–H and O–H groups in total. The molecule has 2 aromatic carbocycles. The van der Waals surface area contributed by atoms with Gasteiger partial charge in [-0.1, -0.05) is 23.7 Å². The van der Waals surface area contributed by atoms with Crippen molar-refractivity contribution in [2.45, 2.75) is 63.9 Å². The Balaban J connectivity index is 1.38. The highest BCUT2D eigenvalue weighted by Crippen LogP contribution is 2.49. The van der Waals surface area contributed by atoms with Crippen molar-refractivity contribution in [1.82, 2.24) is 4.57 Å². The molecule has 1 unspecified atom stereocenters. The van der Waals surface area contributed by atoms with E-state index in [-0.39, 0.29) is 0 Å². The molecule has 3 aliphatic rings. The Morgan fingerprint density at radius 1 is 0.972 bits per heavy atom. The number of fused-ring (bicyclic) bond motifs is 5. The van der Waals surface area contributed by atoms with Gasteiger partial charge in [0.1, 0.15) is 11.6 Å². The van der Waals surface area contributed by atoms with E-state index < -0.39 is 30.4 Å². The third-order valence-electron chi connectivity index (χ3n) is 8.01. The van der Waals surface area contributed by atoms with Gasteiger partial charge in [-0.15, -0.1) is 11.3 Å². The normalized spacial score (nSPS) is 21.9. The molecule has 2 aromatic heterocycles. The monoisotopic (exact) mass is 521 g/mol. The highest BCUT2D eigenvalue weighted by atomic mass is 35.5. The first-order chi connectivity index (χ1) is 17.1. The second-order valence-corrected chi connectivity index (χ2v) is 12.6. The number of ether oxygens (including phenoxy) is 1. The van der Waals surface area contributed by atoms with Crippen LogP contribution >= 0.6 is 22.9 Å². The van der Waals surface area contributed by atoms with Gasteiger partial charge in [-0.25, -0.2) is 4.39 Å². The summed E-state index contributed by atoms with van der Waals surface area (Å²) in [7, 11) is -0.468. The molecule has 0 spiro atoms. The molecule has 36 heavy (non-hydrogen) atoms. The fourth-order valence-corrected chi connectivity index (χ4v) is 6.56. The van der Waals surface area contributed by atoms with E-state index in [9.17, 15) is 0 Å². The van der Waals surface area contributed by atoms with E-state index in [1.54, 1.807) is 17.4 Å². The standard InChI is InChI=1S/C28H26BClFNO3S/c1-27(2)28(3,4)35-29(34-27)17-7-8-20-16(11-17)12-21-25-19(31)13-18(30)14-22(25)33-26(32(20)21)24-10-9-23(36-24)15-5-6-15/h7-15,26H,5-6H2,1-4H3. The molecule has 1 saturated heterocycles. The third-order valence-corrected chi connectivity index (χ3v) is 9.50. The Kier molecular flexibility index (Phi) is 4.83. The first kappa shape index (κ1) is 22.8. The largest absolute Gasteiger partial charge is 0.494 e. The van der Waals surface area contributed by atoms with Crippen LogP contribution in [0.4, 0.5) is 4.39 Å². The van der Waals surface area contributed by atoms with E-state index in [1.807, 2.05) is 39.8 Å². The van der Waals surface area contributed by atoms with Crippen molar-refractivity contribution in [2.75, 3.05) is 0 Å². The summed E-state index contributed by atoms with van der Waals surface area (Å²) in [5.41, 5.74) is 2.26. The van der Waals surface area contributed by atoms with E-state index in [2.05, 4.69) is 28.8 Å². The smallest absolute Gasteiger partial charge is 0.464 e. The van der Waals surface area contributed by atoms with E-state index in [0.29, 0.717) is 22.3 Å². The van der Waals surface area contributed by atoms with Crippen LogP contribution in [-0.4, -0.2) is 22.9 Å². The van der Waals surface area contributed by atoms with Crippen LogP contribution in [0, 0.1) is 5.82 Å². The second kappa shape index (κ2) is 7.61. The van der Waals surface area contributed by atoms with Crippen LogP contribution < -0.4 is 10.2 Å². The molecule has 0 bridgehead atoms. The average molecular weight is 522 g/mol. The summed E-state index contributed by atoms with van der Waals surface area (Å²) in [6.07, 6.45) is 2.09. The van der Waals surface area contributed by atoms with Crippen LogP contribution in [0.15, 0.2) is 48.5 Å². The maximum atomic E-state index is 15.3. The Labute approximate surface area is 219 Å². The van der Waals surface area contributed by atoms with Gasteiger partial charge < -0.3 is 14.0 Å².